The Morgan fingerprint density at radius 3 is 2.71 bits per heavy atom. The quantitative estimate of drug-likeness (QED) is 0.735. The largest absolute Gasteiger partial charge is 0.312 e. The second kappa shape index (κ2) is 7.14. The molecule has 0 aromatic rings. The van der Waals surface area contributed by atoms with Crippen LogP contribution in [-0.4, -0.2) is 62.2 Å². The molecule has 1 saturated heterocycles. The topological polar surface area (TPSA) is 18.5 Å². The lowest BCUT2D eigenvalue weighted by atomic mass is 9.99. The minimum Gasteiger partial charge on any atom is -0.312 e. The van der Waals surface area contributed by atoms with Crippen molar-refractivity contribution in [2.45, 2.75) is 38.8 Å². The maximum atomic E-state index is 4.07. The van der Waals surface area contributed by atoms with Gasteiger partial charge in [-0.2, -0.15) is 0 Å². The zero-order valence-corrected chi connectivity index (χ0v) is 12.0. The van der Waals surface area contributed by atoms with Gasteiger partial charge in [-0.15, -0.1) is 6.58 Å². The first-order chi connectivity index (χ1) is 8.04. The van der Waals surface area contributed by atoms with Crippen molar-refractivity contribution in [3.05, 3.63) is 12.2 Å². The fraction of sp³-hybridized carbons (Fsp3) is 0.857. The molecular weight excluding hydrogens is 210 g/mol. The van der Waals surface area contributed by atoms with E-state index in [9.17, 15) is 0 Å². The molecule has 2 atom stereocenters. The summed E-state index contributed by atoms with van der Waals surface area (Å²) in [6.45, 7) is 13.0. The fourth-order valence-electron chi connectivity index (χ4n) is 2.72. The van der Waals surface area contributed by atoms with Gasteiger partial charge in [0.25, 0.3) is 0 Å². The minimum atomic E-state index is 0.531. The summed E-state index contributed by atoms with van der Waals surface area (Å²) < 4.78 is 0. The Bertz CT molecular complexity index is 240. The van der Waals surface area contributed by atoms with Crippen LogP contribution in [0.2, 0.25) is 0 Å². The van der Waals surface area contributed by atoms with Crippen molar-refractivity contribution < 1.29 is 0 Å². The highest BCUT2D eigenvalue weighted by atomic mass is 15.2. The van der Waals surface area contributed by atoms with Gasteiger partial charge in [0.05, 0.1) is 0 Å². The molecule has 0 spiro atoms. The number of nitrogens with zero attached hydrogens (tertiary/aromatic N) is 2. The Balaban J connectivity index is 2.70. The highest BCUT2D eigenvalue weighted by molar-refractivity contribution is 4.98. The third-order valence-electron chi connectivity index (χ3n) is 3.61. The third kappa shape index (κ3) is 4.78. The van der Waals surface area contributed by atoms with Crippen molar-refractivity contribution in [1.29, 1.82) is 0 Å². The molecule has 3 nitrogen and oxygen atoms in total. The number of hydrogen-bond acceptors (Lipinski definition) is 3. The predicted octanol–water partition coefficient (Wildman–Crippen LogP) is 1.57. The van der Waals surface area contributed by atoms with E-state index in [1.165, 1.54) is 25.1 Å². The van der Waals surface area contributed by atoms with Gasteiger partial charge in [0, 0.05) is 18.6 Å². The maximum absolute atomic E-state index is 4.07. The van der Waals surface area contributed by atoms with E-state index in [0.29, 0.717) is 12.1 Å². The van der Waals surface area contributed by atoms with Crippen LogP contribution >= 0.6 is 0 Å². The molecule has 1 rings (SSSR count). The Hall–Kier alpha value is -0.380. The Kier molecular flexibility index (Phi) is 6.17. The van der Waals surface area contributed by atoms with Crippen molar-refractivity contribution in [2.75, 3.05) is 40.3 Å². The van der Waals surface area contributed by atoms with Crippen LogP contribution in [0.1, 0.15) is 26.7 Å². The molecule has 0 aromatic carbocycles. The van der Waals surface area contributed by atoms with Crippen LogP contribution in [0, 0.1) is 0 Å². The van der Waals surface area contributed by atoms with Gasteiger partial charge >= 0.3 is 0 Å². The molecule has 0 bridgehead atoms. The molecule has 0 radical (unpaired) electrons. The van der Waals surface area contributed by atoms with E-state index in [1.54, 1.807) is 0 Å². The van der Waals surface area contributed by atoms with E-state index in [1.807, 2.05) is 0 Å². The highest BCUT2D eigenvalue weighted by Crippen LogP contribution is 2.15. The Labute approximate surface area is 107 Å². The van der Waals surface area contributed by atoms with E-state index in [0.717, 1.165) is 19.5 Å². The highest BCUT2D eigenvalue weighted by Gasteiger charge is 2.27. The standard InChI is InChI=1S/C14H29N3/c1-6-15-13(10-12(2)3)14-11-16(4)8-7-9-17(14)5/h13-15H,2,6-11H2,1,3-5H3. The van der Waals surface area contributed by atoms with Gasteiger partial charge in [-0.05, 0) is 53.5 Å². The second-order valence-electron chi connectivity index (χ2n) is 5.49. The lowest BCUT2D eigenvalue weighted by molar-refractivity contribution is 0.178. The summed E-state index contributed by atoms with van der Waals surface area (Å²) >= 11 is 0. The van der Waals surface area contributed by atoms with Crippen LogP contribution in [0.15, 0.2) is 12.2 Å². The zero-order valence-electron chi connectivity index (χ0n) is 12.0. The molecule has 0 saturated carbocycles. The van der Waals surface area contributed by atoms with Crippen LogP contribution in [0.4, 0.5) is 0 Å². The molecule has 0 amide bonds. The van der Waals surface area contributed by atoms with E-state index >= 15 is 0 Å². The summed E-state index contributed by atoms with van der Waals surface area (Å²) in [4.78, 5) is 4.97. The van der Waals surface area contributed by atoms with Crippen LogP contribution in [0.5, 0.6) is 0 Å². The average Bonchev–Trinajstić information content (AvgIpc) is 2.39. The molecule has 2 unspecified atom stereocenters. The number of rotatable bonds is 5. The number of nitrogens with one attached hydrogen (secondary N) is 1. The maximum Gasteiger partial charge on any atom is 0.0376 e. The first-order valence-corrected chi connectivity index (χ1v) is 6.81. The monoisotopic (exact) mass is 239 g/mol. The van der Waals surface area contributed by atoms with Gasteiger partial charge in [0.1, 0.15) is 0 Å². The number of hydrogen-bond donors (Lipinski definition) is 1. The average molecular weight is 239 g/mol. The van der Waals surface area contributed by atoms with Crippen molar-refractivity contribution in [3.63, 3.8) is 0 Å². The molecule has 17 heavy (non-hydrogen) atoms. The molecule has 1 aliphatic rings. The van der Waals surface area contributed by atoms with Gasteiger partial charge in [0.15, 0.2) is 0 Å². The van der Waals surface area contributed by atoms with Crippen molar-refractivity contribution in [2.24, 2.45) is 0 Å². The van der Waals surface area contributed by atoms with E-state index < -0.39 is 0 Å². The van der Waals surface area contributed by atoms with Crippen molar-refractivity contribution in [1.82, 2.24) is 15.1 Å². The molecular formula is C14H29N3. The van der Waals surface area contributed by atoms with Crippen molar-refractivity contribution in [3.8, 4) is 0 Å². The second-order valence-corrected chi connectivity index (χ2v) is 5.49. The van der Waals surface area contributed by atoms with E-state index in [-0.39, 0.29) is 0 Å². The van der Waals surface area contributed by atoms with E-state index in [2.05, 4.69) is 49.6 Å². The third-order valence-corrected chi connectivity index (χ3v) is 3.61. The fourth-order valence-corrected chi connectivity index (χ4v) is 2.72. The van der Waals surface area contributed by atoms with Crippen LogP contribution in [0.3, 0.4) is 0 Å². The summed E-state index contributed by atoms with van der Waals surface area (Å²) in [5.41, 5.74) is 1.27. The number of likely N-dealkylation sites (N-methyl/N-ethyl adjacent to an activating group) is 3. The van der Waals surface area contributed by atoms with Crippen LogP contribution in [0.25, 0.3) is 0 Å². The summed E-state index contributed by atoms with van der Waals surface area (Å²) in [5.74, 6) is 0. The summed E-state index contributed by atoms with van der Waals surface area (Å²) in [5, 5.41) is 3.63. The van der Waals surface area contributed by atoms with Crippen LogP contribution < -0.4 is 5.32 Å². The van der Waals surface area contributed by atoms with Gasteiger partial charge in [-0.3, -0.25) is 0 Å². The summed E-state index contributed by atoms with van der Waals surface area (Å²) in [6, 6.07) is 1.13. The molecule has 1 aliphatic heterocycles. The van der Waals surface area contributed by atoms with Crippen molar-refractivity contribution >= 4 is 0 Å². The SMILES string of the molecule is C=C(C)CC(NCC)C1CN(C)CCCN1C. The molecule has 1 fully saturated rings. The summed E-state index contributed by atoms with van der Waals surface area (Å²) in [7, 11) is 4.49. The molecule has 1 N–H and O–H groups in total. The summed E-state index contributed by atoms with van der Waals surface area (Å²) in [6.07, 6.45) is 2.35. The van der Waals surface area contributed by atoms with Gasteiger partial charge in [-0.25, -0.2) is 0 Å². The lowest BCUT2D eigenvalue weighted by Crippen LogP contribution is -2.52. The first-order valence-electron chi connectivity index (χ1n) is 6.81. The van der Waals surface area contributed by atoms with Crippen LogP contribution in [-0.2, 0) is 0 Å². The minimum absolute atomic E-state index is 0.531. The zero-order chi connectivity index (χ0) is 12.8. The molecule has 0 aromatic heterocycles. The predicted molar refractivity (Wildman–Crippen MR) is 75.4 cm³/mol. The van der Waals surface area contributed by atoms with Gasteiger partial charge in [0.2, 0.25) is 0 Å². The lowest BCUT2D eigenvalue weighted by Gasteiger charge is -2.35. The smallest absolute Gasteiger partial charge is 0.0376 e. The Morgan fingerprint density at radius 1 is 1.41 bits per heavy atom. The molecule has 1 heterocycles. The Morgan fingerprint density at radius 2 is 2.12 bits per heavy atom. The van der Waals surface area contributed by atoms with E-state index in [4.69, 9.17) is 0 Å². The normalized spacial score (nSPS) is 25.5. The molecule has 100 valence electrons. The molecule has 0 aliphatic carbocycles. The first kappa shape index (κ1) is 14.7. The van der Waals surface area contributed by atoms with Gasteiger partial charge < -0.3 is 15.1 Å². The van der Waals surface area contributed by atoms with Gasteiger partial charge in [-0.1, -0.05) is 12.5 Å². The molecule has 3 heteroatoms.